The largest absolute Gasteiger partial charge is 1.00 e. The molecular formula is C18H29BrTe. The molecule has 0 heterocycles. The predicted octanol–water partition coefficient (Wildman–Crippen LogP) is 2.90. The Morgan fingerprint density at radius 2 is 1.50 bits per heavy atom. The van der Waals surface area contributed by atoms with Crippen molar-refractivity contribution in [3.8, 4) is 0 Å². The number of hydrogen-bond acceptors (Lipinski definition) is 0. The molecule has 0 amide bonds. The summed E-state index contributed by atoms with van der Waals surface area (Å²) in [4.78, 5) is 0. The minimum atomic E-state index is -0.928. The van der Waals surface area contributed by atoms with Gasteiger partial charge in [0, 0.05) is 0 Å². The van der Waals surface area contributed by atoms with Crippen LogP contribution in [0.2, 0.25) is 13.4 Å². The van der Waals surface area contributed by atoms with Crippen molar-refractivity contribution in [2.24, 2.45) is 11.8 Å². The van der Waals surface area contributed by atoms with Gasteiger partial charge in [-0.05, 0) is 0 Å². The number of hydrogen-bond donors (Lipinski definition) is 0. The molecule has 0 bridgehead atoms. The van der Waals surface area contributed by atoms with Gasteiger partial charge in [0.1, 0.15) is 0 Å². The molecule has 1 aromatic rings. The average Bonchev–Trinajstić information content (AvgIpc) is 2.35. The molecule has 1 aromatic carbocycles. The Balaban J connectivity index is 0.00000361. The van der Waals surface area contributed by atoms with Crippen molar-refractivity contribution in [3.05, 3.63) is 42.0 Å². The van der Waals surface area contributed by atoms with Crippen molar-refractivity contribution in [2.75, 3.05) is 0 Å². The molecule has 20 heavy (non-hydrogen) atoms. The Morgan fingerprint density at radius 3 is 1.95 bits per heavy atom. The molecule has 0 saturated heterocycles. The van der Waals surface area contributed by atoms with Crippen LogP contribution in [0.5, 0.6) is 0 Å². The second kappa shape index (κ2) is 10.9. The van der Waals surface area contributed by atoms with Gasteiger partial charge in [0.25, 0.3) is 0 Å². The Morgan fingerprint density at radius 1 is 1.00 bits per heavy atom. The molecule has 0 radical (unpaired) electrons. The van der Waals surface area contributed by atoms with Gasteiger partial charge in [-0.2, -0.15) is 0 Å². The van der Waals surface area contributed by atoms with Crippen LogP contribution < -0.4 is 17.0 Å². The summed E-state index contributed by atoms with van der Waals surface area (Å²) in [5.74, 6) is 1.75. The van der Waals surface area contributed by atoms with Gasteiger partial charge in [-0.1, -0.05) is 0 Å². The zero-order valence-corrected chi connectivity index (χ0v) is 17.4. The summed E-state index contributed by atoms with van der Waals surface area (Å²) in [5, 5.41) is 0. The van der Waals surface area contributed by atoms with Crippen LogP contribution in [0, 0.1) is 11.8 Å². The first-order valence-corrected chi connectivity index (χ1v) is 12.3. The topological polar surface area (TPSA) is 0 Å². The maximum atomic E-state index is 2.51. The maximum Gasteiger partial charge on any atom is -1.00 e. The molecule has 0 aliphatic heterocycles. The van der Waals surface area contributed by atoms with E-state index in [2.05, 4.69) is 71.0 Å². The zero-order valence-electron chi connectivity index (χ0n) is 13.5. The second-order valence-electron chi connectivity index (χ2n) is 6.15. The molecule has 0 nitrogen and oxygen atoms in total. The van der Waals surface area contributed by atoms with Crippen LogP contribution in [0.4, 0.5) is 0 Å². The number of rotatable bonds is 7. The Labute approximate surface area is 143 Å². The molecule has 1 rings (SSSR count). The summed E-state index contributed by atoms with van der Waals surface area (Å²) in [6, 6.07) is 10.8. The van der Waals surface area contributed by atoms with Crippen LogP contribution in [0.15, 0.2) is 36.4 Å². The first-order chi connectivity index (χ1) is 8.99. The molecular weight excluding hydrogens is 424 g/mol. The third-order valence-corrected chi connectivity index (χ3v) is 11.3. The Hall–Kier alpha value is 0.230. The van der Waals surface area contributed by atoms with Crippen LogP contribution in [0.3, 0.4) is 0 Å². The van der Waals surface area contributed by atoms with Gasteiger partial charge in [0.15, 0.2) is 0 Å². The summed E-state index contributed by atoms with van der Waals surface area (Å²) in [5.41, 5.74) is 2.84. The van der Waals surface area contributed by atoms with E-state index in [0.29, 0.717) is 0 Å². The van der Waals surface area contributed by atoms with Crippen molar-refractivity contribution >= 4 is 25.1 Å². The normalized spacial score (nSPS) is 12.1. The van der Waals surface area contributed by atoms with E-state index in [4.69, 9.17) is 0 Å². The van der Waals surface area contributed by atoms with E-state index in [1.165, 1.54) is 24.5 Å². The molecule has 0 N–H and O–H groups in total. The van der Waals surface area contributed by atoms with Gasteiger partial charge in [-0.3, -0.25) is 0 Å². The second-order valence-corrected chi connectivity index (χ2v) is 12.5. The fourth-order valence-electron chi connectivity index (χ4n) is 2.21. The first-order valence-electron chi connectivity index (χ1n) is 7.35. The van der Waals surface area contributed by atoms with Crippen molar-refractivity contribution in [3.63, 3.8) is 0 Å². The molecule has 0 fully saturated rings. The summed E-state index contributed by atoms with van der Waals surface area (Å²) in [7, 11) is 0. The van der Waals surface area contributed by atoms with Gasteiger partial charge >= 0.3 is 127 Å². The van der Waals surface area contributed by atoms with E-state index in [9.17, 15) is 0 Å². The van der Waals surface area contributed by atoms with Crippen molar-refractivity contribution < 1.29 is 17.0 Å². The monoisotopic (exact) mass is 454 g/mol. The number of allylic oxidation sites excluding steroid dienone is 2. The van der Waals surface area contributed by atoms with E-state index in [1.807, 2.05) is 0 Å². The fourth-order valence-corrected chi connectivity index (χ4v) is 10.1. The molecule has 0 spiro atoms. The fraction of sp³-hybridized carbons (Fsp3) is 0.556. The summed E-state index contributed by atoms with van der Waals surface area (Å²) >= 11 is -0.928. The summed E-state index contributed by atoms with van der Waals surface area (Å²) in [6.45, 7) is 11.8. The first kappa shape index (κ1) is 20.2. The zero-order chi connectivity index (χ0) is 14.3. The molecule has 114 valence electrons. The van der Waals surface area contributed by atoms with E-state index in [0.717, 1.165) is 11.8 Å². The minimum absolute atomic E-state index is 0. The van der Waals surface area contributed by atoms with Crippen molar-refractivity contribution in [1.29, 1.82) is 0 Å². The van der Waals surface area contributed by atoms with Crippen molar-refractivity contribution in [2.45, 2.75) is 48.0 Å². The third-order valence-electron chi connectivity index (χ3n) is 2.99. The third kappa shape index (κ3) is 8.50. The smallest absolute Gasteiger partial charge is 1.00 e. The molecule has 2 heteroatoms. The average molecular weight is 453 g/mol. The summed E-state index contributed by atoms with van der Waals surface area (Å²) in [6.07, 6.45) is 2.51. The van der Waals surface area contributed by atoms with Gasteiger partial charge in [0.05, 0.1) is 0 Å². The van der Waals surface area contributed by atoms with Gasteiger partial charge < -0.3 is 17.0 Å². The minimum Gasteiger partial charge on any atom is -1.00 e. The Kier molecular flexibility index (Phi) is 11.0. The van der Waals surface area contributed by atoms with Gasteiger partial charge in [-0.25, -0.2) is 0 Å². The van der Waals surface area contributed by atoms with E-state index < -0.39 is 19.6 Å². The van der Waals surface area contributed by atoms with Crippen molar-refractivity contribution in [1.82, 2.24) is 0 Å². The molecule has 0 aromatic heterocycles. The molecule has 0 unspecified atom stereocenters. The molecule has 0 aliphatic rings. The standard InChI is InChI=1S/C18H29Te.BrH/c1-15(2)13-19(14-16(3)4)12-11-17(5)18-9-7-6-8-10-18;/h6-11,15-16H,12-14H2,1-5H3;1H/q+1;/p-1/b17-11-;. The number of benzene rings is 1. The van der Waals surface area contributed by atoms with E-state index in [1.54, 1.807) is 0 Å². The molecule has 0 atom stereocenters. The quantitative estimate of drug-likeness (QED) is 0.558. The SMILES string of the molecule is C/C(=C/C[Te+](CC(C)C)CC(C)C)c1ccccc1.[Br-]. The van der Waals surface area contributed by atoms with Gasteiger partial charge in [0.2, 0.25) is 0 Å². The van der Waals surface area contributed by atoms with E-state index >= 15 is 0 Å². The van der Waals surface area contributed by atoms with E-state index in [-0.39, 0.29) is 17.0 Å². The van der Waals surface area contributed by atoms with Crippen LogP contribution in [0.1, 0.15) is 40.2 Å². The number of halogens is 1. The summed E-state index contributed by atoms with van der Waals surface area (Å²) < 4.78 is 4.42. The predicted molar refractivity (Wildman–Crippen MR) is 89.9 cm³/mol. The maximum absolute atomic E-state index is 2.51. The molecule has 0 saturated carbocycles. The van der Waals surface area contributed by atoms with Crippen LogP contribution in [-0.4, -0.2) is 19.6 Å². The van der Waals surface area contributed by atoms with Crippen LogP contribution in [0.25, 0.3) is 5.57 Å². The van der Waals surface area contributed by atoms with Crippen LogP contribution in [-0.2, 0) is 0 Å². The van der Waals surface area contributed by atoms with Crippen LogP contribution >= 0.6 is 0 Å². The molecule has 0 aliphatic carbocycles. The Bertz CT molecular complexity index is 372. The van der Waals surface area contributed by atoms with Gasteiger partial charge in [-0.15, -0.1) is 0 Å².